The van der Waals surface area contributed by atoms with Gasteiger partial charge in [0.15, 0.2) is 0 Å². The van der Waals surface area contributed by atoms with Gasteiger partial charge < -0.3 is 0 Å². The first kappa shape index (κ1) is 24.4. The Labute approximate surface area is 213 Å². The van der Waals surface area contributed by atoms with Crippen LogP contribution in [0.3, 0.4) is 0 Å². The molecule has 0 unspecified atom stereocenters. The van der Waals surface area contributed by atoms with Crippen molar-refractivity contribution in [3.63, 3.8) is 0 Å². The highest BCUT2D eigenvalue weighted by molar-refractivity contribution is 6.19. The molecule has 35 heavy (non-hydrogen) atoms. The molecule has 2 N–H and O–H groups in total. The van der Waals surface area contributed by atoms with Crippen molar-refractivity contribution in [3.05, 3.63) is 131 Å². The second-order valence-electron chi connectivity index (χ2n) is 7.69. The number of amides is 2. The molecule has 0 aliphatic heterocycles. The van der Waals surface area contributed by atoms with Crippen molar-refractivity contribution in [1.29, 1.82) is 0 Å². The zero-order valence-electron chi connectivity index (χ0n) is 18.6. The summed E-state index contributed by atoms with van der Waals surface area (Å²) in [7, 11) is 0. The van der Waals surface area contributed by atoms with Gasteiger partial charge >= 0.3 is 0 Å². The molecule has 0 saturated heterocycles. The van der Waals surface area contributed by atoms with Gasteiger partial charge in [-0.25, -0.2) is 10.0 Å². The maximum absolute atomic E-state index is 12.9. The molecule has 0 atom stereocenters. The summed E-state index contributed by atoms with van der Waals surface area (Å²) in [5, 5.41) is 2.56. The van der Waals surface area contributed by atoms with Crippen molar-refractivity contribution in [2.24, 2.45) is 0 Å². The van der Waals surface area contributed by atoms with Crippen LogP contribution in [0.1, 0.15) is 31.8 Å². The van der Waals surface area contributed by atoms with Crippen LogP contribution in [-0.2, 0) is 6.42 Å². The van der Waals surface area contributed by atoms with E-state index in [1.54, 1.807) is 48.5 Å². The van der Waals surface area contributed by atoms with E-state index in [4.69, 9.17) is 23.6 Å². The van der Waals surface area contributed by atoms with Crippen molar-refractivity contribution >= 4 is 46.7 Å². The van der Waals surface area contributed by atoms with Crippen molar-refractivity contribution in [1.82, 2.24) is 9.89 Å². The number of nitrogens with one attached hydrogen (secondary N) is 2. The third-order valence-electron chi connectivity index (χ3n) is 5.41. The molecule has 0 saturated carbocycles. The fourth-order valence-corrected chi connectivity index (χ4v) is 3.94. The van der Waals surface area contributed by atoms with E-state index in [1.807, 2.05) is 60.7 Å². The van der Waals surface area contributed by atoms with Crippen molar-refractivity contribution in [2.75, 3.05) is 10.0 Å². The van der Waals surface area contributed by atoms with E-state index in [9.17, 15) is 9.59 Å². The SMILES string of the molecule is O=C(c1ccc(Cc2ccc(C(=O)N(NCl)c3ccccc3)cc2)cc1)N(NCl)c1ccccc1. The highest BCUT2D eigenvalue weighted by atomic mass is 35.5. The number of anilines is 2. The Bertz CT molecular complexity index is 1170. The van der Waals surface area contributed by atoms with E-state index < -0.39 is 0 Å². The fraction of sp³-hybridized carbons (Fsp3) is 0.0370. The van der Waals surface area contributed by atoms with Gasteiger partial charge in [-0.2, -0.15) is 0 Å². The summed E-state index contributed by atoms with van der Waals surface area (Å²) in [6.45, 7) is 0. The summed E-state index contributed by atoms with van der Waals surface area (Å²) in [5.41, 5.74) is 4.34. The molecular formula is C27H22Cl2N4O2. The van der Waals surface area contributed by atoms with Crippen LogP contribution >= 0.6 is 23.6 Å². The number of carbonyl (C=O) groups excluding carboxylic acids is 2. The molecule has 176 valence electrons. The number of hydrogen-bond acceptors (Lipinski definition) is 4. The summed E-state index contributed by atoms with van der Waals surface area (Å²) in [5.74, 6) is -0.534. The lowest BCUT2D eigenvalue weighted by Crippen LogP contribution is -2.37. The molecular weight excluding hydrogens is 483 g/mol. The summed E-state index contributed by atoms with van der Waals surface area (Å²) in [6, 6.07) is 32.9. The molecule has 0 radical (unpaired) electrons. The van der Waals surface area contributed by atoms with Gasteiger partial charge in [0.2, 0.25) is 0 Å². The van der Waals surface area contributed by atoms with Gasteiger partial charge in [0.05, 0.1) is 11.4 Å². The number of hydrogen-bond donors (Lipinski definition) is 2. The largest absolute Gasteiger partial charge is 0.273 e. The van der Waals surface area contributed by atoms with Gasteiger partial charge in [-0.15, -0.1) is 9.89 Å². The van der Waals surface area contributed by atoms with E-state index >= 15 is 0 Å². The summed E-state index contributed by atoms with van der Waals surface area (Å²) >= 11 is 11.6. The molecule has 4 rings (SSSR count). The highest BCUT2D eigenvalue weighted by Gasteiger charge is 2.18. The topological polar surface area (TPSA) is 64.7 Å². The molecule has 0 spiro atoms. The summed E-state index contributed by atoms with van der Waals surface area (Å²) < 4.78 is 0. The minimum atomic E-state index is -0.267. The van der Waals surface area contributed by atoms with E-state index in [1.165, 1.54) is 10.0 Å². The second kappa shape index (κ2) is 11.6. The minimum Gasteiger partial charge on any atom is -0.267 e. The lowest BCUT2D eigenvalue weighted by atomic mass is 10.0. The molecule has 0 bridgehead atoms. The Morgan fingerprint density at radius 1 is 0.543 bits per heavy atom. The summed E-state index contributed by atoms with van der Waals surface area (Å²) in [4.78, 5) is 30.6. The fourth-order valence-electron chi connectivity index (χ4n) is 3.59. The normalized spacial score (nSPS) is 10.6. The van der Waals surface area contributed by atoms with E-state index in [2.05, 4.69) is 9.89 Å². The molecule has 0 aliphatic carbocycles. The number of carbonyl (C=O) groups is 2. The second-order valence-corrected chi connectivity index (χ2v) is 8.03. The molecule has 0 aliphatic rings. The van der Waals surface area contributed by atoms with Crippen LogP contribution in [0.5, 0.6) is 0 Å². The van der Waals surface area contributed by atoms with Crippen LogP contribution < -0.4 is 19.9 Å². The maximum Gasteiger partial charge on any atom is 0.273 e. The first-order valence-electron chi connectivity index (χ1n) is 10.8. The Kier molecular flexibility index (Phi) is 8.13. The number of benzene rings is 4. The molecule has 0 heterocycles. The highest BCUT2D eigenvalue weighted by Crippen LogP contribution is 2.19. The lowest BCUT2D eigenvalue weighted by molar-refractivity contribution is 0.0974. The number of hydrazine groups is 2. The molecule has 0 fully saturated rings. The standard InChI is InChI=1S/C27H22Cl2N4O2/c28-30-32(24-7-3-1-4-8-24)26(34)22-15-11-20(12-16-22)19-21-13-17-23(18-14-21)27(35)33(31-29)25-9-5-2-6-10-25/h1-18,30-31H,19H2. The Balaban J connectivity index is 1.43. The molecule has 2 amide bonds. The molecule has 4 aromatic rings. The van der Waals surface area contributed by atoms with Gasteiger partial charge in [0, 0.05) is 11.1 Å². The van der Waals surface area contributed by atoms with Gasteiger partial charge in [-0.1, -0.05) is 60.7 Å². The monoisotopic (exact) mass is 504 g/mol. The van der Waals surface area contributed by atoms with Gasteiger partial charge in [0.25, 0.3) is 11.8 Å². The Hall–Kier alpha value is -3.68. The van der Waals surface area contributed by atoms with Gasteiger partial charge in [0.1, 0.15) is 0 Å². The number of nitrogens with zero attached hydrogens (tertiary/aromatic N) is 2. The van der Waals surface area contributed by atoms with Crippen molar-refractivity contribution < 1.29 is 9.59 Å². The molecule has 4 aromatic carbocycles. The van der Waals surface area contributed by atoms with Gasteiger partial charge in [-0.05, 0) is 89.6 Å². The van der Waals surface area contributed by atoms with Crippen molar-refractivity contribution in [2.45, 2.75) is 6.42 Å². The first-order valence-corrected chi connectivity index (χ1v) is 11.6. The quantitative estimate of drug-likeness (QED) is 0.232. The van der Waals surface area contributed by atoms with E-state index in [-0.39, 0.29) is 11.8 Å². The lowest BCUT2D eigenvalue weighted by Gasteiger charge is -2.20. The zero-order chi connectivity index (χ0) is 24.6. The van der Waals surface area contributed by atoms with Crippen LogP contribution in [0.2, 0.25) is 0 Å². The summed E-state index contributed by atoms with van der Waals surface area (Å²) in [6.07, 6.45) is 0.648. The molecule has 0 aromatic heterocycles. The Morgan fingerprint density at radius 3 is 1.20 bits per heavy atom. The number of para-hydroxylation sites is 2. The van der Waals surface area contributed by atoms with Crippen LogP contribution in [-0.4, -0.2) is 11.8 Å². The number of rotatable bonds is 8. The van der Waals surface area contributed by atoms with Crippen LogP contribution in [0, 0.1) is 0 Å². The van der Waals surface area contributed by atoms with Crippen molar-refractivity contribution in [3.8, 4) is 0 Å². The smallest absolute Gasteiger partial charge is 0.267 e. The minimum absolute atomic E-state index is 0.267. The zero-order valence-corrected chi connectivity index (χ0v) is 20.1. The van der Waals surface area contributed by atoms with Gasteiger partial charge in [-0.3, -0.25) is 9.59 Å². The molecule has 8 heteroatoms. The van der Waals surface area contributed by atoms with E-state index in [0.717, 1.165) is 11.1 Å². The van der Waals surface area contributed by atoms with E-state index in [0.29, 0.717) is 28.9 Å². The first-order chi connectivity index (χ1) is 17.1. The van der Waals surface area contributed by atoms with Crippen LogP contribution in [0.4, 0.5) is 11.4 Å². The number of halogens is 2. The third-order valence-corrected chi connectivity index (χ3v) is 5.75. The predicted octanol–water partition coefficient (Wildman–Crippen LogP) is 5.89. The predicted molar refractivity (Wildman–Crippen MR) is 140 cm³/mol. The average Bonchev–Trinajstić information content (AvgIpc) is 2.91. The third kappa shape index (κ3) is 5.88. The molecule has 6 nitrogen and oxygen atoms in total. The Morgan fingerprint density at radius 2 is 0.886 bits per heavy atom. The maximum atomic E-state index is 12.9. The van der Waals surface area contributed by atoms with Crippen LogP contribution in [0.15, 0.2) is 109 Å². The average molecular weight is 505 g/mol. The van der Waals surface area contributed by atoms with Crippen LogP contribution in [0.25, 0.3) is 0 Å².